The number of fused-ring (bicyclic) bond motifs is 1. The fraction of sp³-hybridized carbons (Fsp3) is 0.318. The maximum Gasteiger partial charge on any atom is 0.189 e. The van der Waals surface area contributed by atoms with Gasteiger partial charge in [0.05, 0.1) is 5.56 Å². The van der Waals surface area contributed by atoms with E-state index in [9.17, 15) is 9.90 Å². The molecule has 0 saturated carbocycles. The van der Waals surface area contributed by atoms with Crippen LogP contribution in [0.5, 0.6) is 17.2 Å². The molecule has 0 radical (unpaired) electrons. The van der Waals surface area contributed by atoms with Crippen LogP contribution in [-0.2, 0) is 11.2 Å². The van der Waals surface area contributed by atoms with Crippen molar-refractivity contribution in [1.82, 2.24) is 0 Å². The van der Waals surface area contributed by atoms with E-state index in [1.54, 1.807) is 37.5 Å². The molecule has 1 aliphatic heterocycles. The van der Waals surface area contributed by atoms with Crippen LogP contribution < -0.4 is 9.47 Å². The van der Waals surface area contributed by atoms with Gasteiger partial charge in [-0.1, -0.05) is 18.2 Å². The zero-order valence-electron chi connectivity index (χ0n) is 15.8. The summed E-state index contributed by atoms with van der Waals surface area (Å²) in [7, 11) is 1.56. The van der Waals surface area contributed by atoms with Gasteiger partial charge in [-0.25, -0.2) is 0 Å². The van der Waals surface area contributed by atoms with Gasteiger partial charge in [0.25, 0.3) is 0 Å². The first-order valence-corrected chi connectivity index (χ1v) is 8.87. The standard InChI is InChI=1S/C22H24O5/c1-22(2)11-10-16-12-18(20(24)13-21(16)27-22)19(23)9-6-15-4-7-17(8-5-15)26-14-25-3/h4-9,12-13,24H,10-11,14H2,1-3H3/b9-6+. The number of hydrogen-bond donors (Lipinski definition) is 1. The molecule has 0 bridgehead atoms. The van der Waals surface area contributed by atoms with Crippen molar-refractivity contribution in [3.05, 3.63) is 59.2 Å². The van der Waals surface area contributed by atoms with Crippen molar-refractivity contribution in [2.24, 2.45) is 0 Å². The lowest BCUT2D eigenvalue weighted by Gasteiger charge is -2.32. The van der Waals surface area contributed by atoms with E-state index in [1.807, 2.05) is 26.0 Å². The molecule has 0 unspecified atom stereocenters. The monoisotopic (exact) mass is 368 g/mol. The number of ketones is 1. The van der Waals surface area contributed by atoms with Crippen LogP contribution in [0.3, 0.4) is 0 Å². The molecule has 2 aromatic carbocycles. The van der Waals surface area contributed by atoms with Gasteiger partial charge in [0.15, 0.2) is 12.6 Å². The Morgan fingerprint density at radius 3 is 2.70 bits per heavy atom. The molecular formula is C22H24O5. The van der Waals surface area contributed by atoms with Crippen LogP contribution in [0.15, 0.2) is 42.5 Å². The summed E-state index contributed by atoms with van der Waals surface area (Å²) in [6.45, 7) is 4.22. The highest BCUT2D eigenvalue weighted by Crippen LogP contribution is 2.37. The maximum atomic E-state index is 12.5. The van der Waals surface area contributed by atoms with Gasteiger partial charge in [0.1, 0.15) is 22.8 Å². The largest absolute Gasteiger partial charge is 0.507 e. The molecule has 0 amide bonds. The number of methoxy groups -OCH3 is 1. The van der Waals surface area contributed by atoms with E-state index in [4.69, 9.17) is 14.2 Å². The molecule has 5 heteroatoms. The van der Waals surface area contributed by atoms with Crippen LogP contribution in [0.4, 0.5) is 0 Å². The highest BCUT2D eigenvalue weighted by molar-refractivity contribution is 6.08. The number of rotatable bonds is 6. The molecule has 27 heavy (non-hydrogen) atoms. The molecule has 0 atom stereocenters. The topological polar surface area (TPSA) is 65.0 Å². The number of carbonyl (C=O) groups is 1. The number of carbonyl (C=O) groups excluding carboxylic acids is 1. The second kappa shape index (κ2) is 7.84. The third-order valence-electron chi connectivity index (χ3n) is 4.48. The van der Waals surface area contributed by atoms with Gasteiger partial charge >= 0.3 is 0 Å². The molecule has 5 nitrogen and oxygen atoms in total. The average Bonchev–Trinajstić information content (AvgIpc) is 2.64. The summed E-state index contributed by atoms with van der Waals surface area (Å²) in [6.07, 6.45) is 4.85. The first-order chi connectivity index (χ1) is 12.9. The van der Waals surface area contributed by atoms with Gasteiger partial charge in [-0.3, -0.25) is 4.79 Å². The SMILES string of the molecule is COCOc1ccc(/C=C/C(=O)c2cc3c(cc2O)OC(C)(C)CC3)cc1. The summed E-state index contributed by atoms with van der Waals surface area (Å²) in [4.78, 5) is 12.5. The summed E-state index contributed by atoms with van der Waals surface area (Å²) in [5, 5.41) is 10.3. The lowest BCUT2D eigenvalue weighted by atomic mass is 9.92. The lowest BCUT2D eigenvalue weighted by molar-refractivity contribution is 0.0511. The number of ether oxygens (including phenoxy) is 3. The van der Waals surface area contributed by atoms with E-state index < -0.39 is 0 Å². The third kappa shape index (κ3) is 4.68. The molecule has 3 rings (SSSR count). The van der Waals surface area contributed by atoms with Crippen molar-refractivity contribution in [2.45, 2.75) is 32.3 Å². The minimum Gasteiger partial charge on any atom is -0.507 e. The number of phenolic OH excluding ortho intramolecular Hbond substituents is 1. The summed E-state index contributed by atoms with van der Waals surface area (Å²) < 4.78 is 16.1. The lowest BCUT2D eigenvalue weighted by Crippen LogP contribution is -2.32. The smallest absolute Gasteiger partial charge is 0.189 e. The summed E-state index contributed by atoms with van der Waals surface area (Å²) in [5.74, 6) is 1.02. The van der Waals surface area contributed by atoms with E-state index in [1.165, 1.54) is 6.08 Å². The van der Waals surface area contributed by atoms with E-state index in [0.29, 0.717) is 11.5 Å². The molecule has 2 aromatic rings. The molecule has 0 saturated heterocycles. The number of phenols is 1. The zero-order valence-corrected chi connectivity index (χ0v) is 15.8. The Bertz CT molecular complexity index is 850. The Kier molecular flexibility index (Phi) is 5.51. The molecular weight excluding hydrogens is 344 g/mol. The van der Waals surface area contributed by atoms with Crippen molar-refractivity contribution in [2.75, 3.05) is 13.9 Å². The van der Waals surface area contributed by atoms with E-state index >= 15 is 0 Å². The Hall–Kier alpha value is -2.79. The first kappa shape index (κ1) is 19.0. The average molecular weight is 368 g/mol. The normalized spacial score (nSPS) is 15.2. The summed E-state index contributed by atoms with van der Waals surface area (Å²) >= 11 is 0. The van der Waals surface area contributed by atoms with Gasteiger partial charge in [-0.05, 0) is 62.1 Å². The van der Waals surface area contributed by atoms with Crippen LogP contribution in [0.2, 0.25) is 0 Å². The van der Waals surface area contributed by atoms with E-state index in [-0.39, 0.29) is 29.5 Å². The summed E-state index contributed by atoms with van der Waals surface area (Å²) in [6, 6.07) is 10.6. The Morgan fingerprint density at radius 1 is 1.26 bits per heavy atom. The van der Waals surface area contributed by atoms with Crippen LogP contribution in [0.25, 0.3) is 6.08 Å². The van der Waals surface area contributed by atoms with Crippen molar-refractivity contribution in [1.29, 1.82) is 0 Å². The molecule has 1 aliphatic rings. The van der Waals surface area contributed by atoms with Gasteiger partial charge in [0, 0.05) is 13.2 Å². The quantitative estimate of drug-likeness (QED) is 0.466. The molecule has 0 aromatic heterocycles. The van der Waals surface area contributed by atoms with Crippen molar-refractivity contribution in [3.63, 3.8) is 0 Å². The van der Waals surface area contributed by atoms with Crippen LogP contribution in [-0.4, -0.2) is 30.4 Å². The number of aromatic hydroxyl groups is 1. The van der Waals surface area contributed by atoms with Gasteiger partial charge in [-0.2, -0.15) is 0 Å². The zero-order chi connectivity index (χ0) is 19.4. The second-order valence-electron chi connectivity index (χ2n) is 7.16. The first-order valence-electron chi connectivity index (χ1n) is 8.87. The molecule has 0 fully saturated rings. The number of aryl methyl sites for hydroxylation is 1. The van der Waals surface area contributed by atoms with Crippen LogP contribution in [0.1, 0.15) is 41.8 Å². The highest BCUT2D eigenvalue weighted by atomic mass is 16.7. The van der Waals surface area contributed by atoms with Crippen LogP contribution in [0, 0.1) is 0 Å². The van der Waals surface area contributed by atoms with Gasteiger partial charge < -0.3 is 19.3 Å². The minimum atomic E-state index is -0.260. The number of benzene rings is 2. The molecule has 0 spiro atoms. The van der Waals surface area contributed by atoms with Gasteiger partial charge in [-0.15, -0.1) is 0 Å². The highest BCUT2D eigenvalue weighted by Gasteiger charge is 2.28. The van der Waals surface area contributed by atoms with E-state index in [2.05, 4.69) is 0 Å². The fourth-order valence-corrected chi connectivity index (χ4v) is 2.95. The number of allylic oxidation sites excluding steroid dienone is 1. The van der Waals surface area contributed by atoms with Crippen LogP contribution >= 0.6 is 0 Å². The Morgan fingerprint density at radius 2 is 2.00 bits per heavy atom. The number of hydrogen-bond acceptors (Lipinski definition) is 5. The van der Waals surface area contributed by atoms with Crippen molar-refractivity contribution >= 4 is 11.9 Å². The second-order valence-corrected chi connectivity index (χ2v) is 7.16. The fourth-order valence-electron chi connectivity index (χ4n) is 2.95. The predicted octanol–water partition coefficient (Wildman–Crippen LogP) is 4.37. The van der Waals surface area contributed by atoms with E-state index in [0.717, 1.165) is 24.0 Å². The molecule has 1 N–H and O–H groups in total. The van der Waals surface area contributed by atoms with Crippen molar-refractivity contribution in [3.8, 4) is 17.2 Å². The minimum absolute atomic E-state index is 0.0654. The Balaban J connectivity index is 1.73. The third-order valence-corrected chi connectivity index (χ3v) is 4.48. The maximum absolute atomic E-state index is 12.5. The molecule has 142 valence electrons. The Labute approximate surface area is 159 Å². The molecule has 0 aliphatic carbocycles. The summed E-state index contributed by atoms with van der Waals surface area (Å²) in [5.41, 5.74) is 1.83. The van der Waals surface area contributed by atoms with Gasteiger partial charge in [0.2, 0.25) is 0 Å². The van der Waals surface area contributed by atoms with Crippen molar-refractivity contribution < 1.29 is 24.1 Å². The predicted molar refractivity (Wildman–Crippen MR) is 103 cm³/mol. The molecule has 1 heterocycles.